The molecule has 0 radical (unpaired) electrons. The number of nitro benzene ring substituents is 1. The second kappa shape index (κ2) is 4.70. The van der Waals surface area contributed by atoms with Crippen molar-refractivity contribution in [3.05, 3.63) is 46.0 Å². The molecule has 15 heavy (non-hydrogen) atoms. The molecule has 0 heterocycles. The number of allylic oxidation sites excluding steroid dienone is 2. The second-order valence-corrected chi connectivity index (χ2v) is 3.28. The summed E-state index contributed by atoms with van der Waals surface area (Å²) in [4.78, 5) is 20.8. The van der Waals surface area contributed by atoms with Gasteiger partial charge in [0.2, 0.25) is 5.24 Å². The van der Waals surface area contributed by atoms with Gasteiger partial charge in [-0.15, -0.1) is 0 Å². The lowest BCUT2D eigenvalue weighted by molar-refractivity contribution is -0.385. The Morgan fingerprint density at radius 2 is 2.07 bits per heavy atom. The zero-order valence-electron chi connectivity index (χ0n) is 7.94. The zero-order chi connectivity index (χ0) is 11.4. The first-order valence-electron chi connectivity index (χ1n) is 4.14. The van der Waals surface area contributed by atoms with Crippen molar-refractivity contribution in [2.24, 2.45) is 0 Å². The van der Waals surface area contributed by atoms with Gasteiger partial charge in [0.05, 0.1) is 10.5 Å². The maximum atomic E-state index is 10.7. The fraction of sp³-hybridized carbons (Fsp3) is 0.100. The Labute approximate surface area is 91.3 Å². The summed E-state index contributed by atoms with van der Waals surface area (Å²) in [6.45, 7) is 1.60. The van der Waals surface area contributed by atoms with Crippen LogP contribution in [-0.4, -0.2) is 10.2 Å². The maximum Gasteiger partial charge on any atom is 0.276 e. The van der Waals surface area contributed by atoms with E-state index in [4.69, 9.17) is 11.6 Å². The fourth-order valence-electron chi connectivity index (χ4n) is 1.21. The summed E-state index contributed by atoms with van der Waals surface area (Å²) in [6, 6.07) is 6.19. The molecule has 5 heteroatoms. The van der Waals surface area contributed by atoms with E-state index in [9.17, 15) is 14.9 Å². The normalized spacial score (nSPS) is 11.2. The Hall–Kier alpha value is -1.68. The van der Waals surface area contributed by atoms with Gasteiger partial charge in [-0.25, -0.2) is 0 Å². The van der Waals surface area contributed by atoms with Crippen molar-refractivity contribution >= 4 is 28.1 Å². The molecule has 0 aliphatic carbocycles. The molecule has 0 bridgehead atoms. The van der Waals surface area contributed by atoms with Gasteiger partial charge in [-0.1, -0.05) is 12.1 Å². The van der Waals surface area contributed by atoms with E-state index in [2.05, 4.69) is 0 Å². The highest BCUT2D eigenvalue weighted by Crippen LogP contribution is 2.25. The van der Waals surface area contributed by atoms with Crippen molar-refractivity contribution in [3.8, 4) is 0 Å². The molecule has 0 amide bonds. The number of hydrogen-bond donors (Lipinski definition) is 0. The Morgan fingerprint density at radius 3 is 2.60 bits per heavy atom. The monoisotopic (exact) mass is 225 g/mol. The van der Waals surface area contributed by atoms with Gasteiger partial charge in [-0.05, 0) is 30.2 Å². The summed E-state index contributed by atoms with van der Waals surface area (Å²) in [5, 5.41) is 10.0. The summed E-state index contributed by atoms with van der Waals surface area (Å²) in [7, 11) is 0. The highest BCUT2D eigenvalue weighted by atomic mass is 35.5. The molecule has 0 atom stereocenters. The van der Waals surface area contributed by atoms with E-state index in [0.29, 0.717) is 11.1 Å². The Morgan fingerprint density at radius 1 is 1.47 bits per heavy atom. The molecule has 0 aliphatic heterocycles. The second-order valence-electron chi connectivity index (χ2n) is 2.91. The molecule has 0 aromatic heterocycles. The molecule has 1 aromatic carbocycles. The third kappa shape index (κ3) is 2.89. The number of carbonyl (C=O) groups is 1. The summed E-state index contributed by atoms with van der Waals surface area (Å²) in [5.41, 5.74) is 0.836. The number of carbonyl (C=O) groups excluding carboxylic acids is 1. The predicted molar refractivity (Wildman–Crippen MR) is 57.6 cm³/mol. The first-order chi connectivity index (χ1) is 7.02. The summed E-state index contributed by atoms with van der Waals surface area (Å²) >= 11 is 5.17. The van der Waals surface area contributed by atoms with E-state index in [1.807, 2.05) is 0 Å². The lowest BCUT2D eigenvalue weighted by Gasteiger charge is -2.01. The van der Waals surface area contributed by atoms with E-state index in [1.165, 1.54) is 6.07 Å². The van der Waals surface area contributed by atoms with Crippen LogP contribution in [0.25, 0.3) is 5.57 Å². The summed E-state index contributed by atoms with van der Waals surface area (Å²) < 4.78 is 0. The molecule has 0 aliphatic rings. The molecule has 0 N–H and O–H groups in total. The topological polar surface area (TPSA) is 60.2 Å². The van der Waals surface area contributed by atoms with Crippen molar-refractivity contribution in [2.45, 2.75) is 6.92 Å². The molecular formula is C10H8ClNO3. The Kier molecular flexibility index (Phi) is 3.57. The van der Waals surface area contributed by atoms with Crippen LogP contribution in [-0.2, 0) is 4.79 Å². The lowest BCUT2D eigenvalue weighted by atomic mass is 10.1. The highest BCUT2D eigenvalue weighted by Gasteiger charge is 2.13. The van der Waals surface area contributed by atoms with Gasteiger partial charge in [0.1, 0.15) is 0 Å². The molecule has 0 fully saturated rings. The van der Waals surface area contributed by atoms with Crippen molar-refractivity contribution in [2.75, 3.05) is 0 Å². The number of para-hydroxylation sites is 1. The van der Waals surface area contributed by atoms with Crippen LogP contribution >= 0.6 is 11.6 Å². The average molecular weight is 226 g/mol. The van der Waals surface area contributed by atoms with E-state index in [1.54, 1.807) is 25.1 Å². The summed E-state index contributed by atoms with van der Waals surface area (Å²) in [6.07, 6.45) is 1.16. The lowest BCUT2D eigenvalue weighted by Crippen LogP contribution is -1.94. The Balaban J connectivity index is 3.25. The van der Waals surface area contributed by atoms with Crippen LogP contribution in [0.5, 0.6) is 0 Å². The summed E-state index contributed by atoms with van der Waals surface area (Å²) in [5.74, 6) is 0. The van der Waals surface area contributed by atoms with Gasteiger partial charge in [-0.3, -0.25) is 14.9 Å². The molecule has 4 nitrogen and oxygen atoms in total. The first-order valence-corrected chi connectivity index (χ1v) is 4.51. The minimum absolute atomic E-state index is 0.0378. The fourth-order valence-corrected chi connectivity index (χ4v) is 1.38. The number of rotatable bonds is 3. The van der Waals surface area contributed by atoms with Gasteiger partial charge in [0.15, 0.2) is 0 Å². The number of hydrogen-bond acceptors (Lipinski definition) is 3. The van der Waals surface area contributed by atoms with Crippen molar-refractivity contribution in [3.63, 3.8) is 0 Å². The number of halogens is 1. The smallest absolute Gasteiger partial charge is 0.276 e. The van der Waals surface area contributed by atoms with E-state index in [-0.39, 0.29) is 5.69 Å². The molecule has 1 aromatic rings. The Bertz CT molecular complexity index is 440. The first kappa shape index (κ1) is 11.4. The van der Waals surface area contributed by atoms with Crippen LogP contribution in [0.15, 0.2) is 30.3 Å². The molecular weight excluding hydrogens is 218 g/mol. The van der Waals surface area contributed by atoms with Crippen molar-refractivity contribution in [1.82, 2.24) is 0 Å². The molecule has 78 valence electrons. The van der Waals surface area contributed by atoms with E-state index >= 15 is 0 Å². The van der Waals surface area contributed by atoms with E-state index in [0.717, 1.165) is 6.08 Å². The van der Waals surface area contributed by atoms with Crippen molar-refractivity contribution < 1.29 is 9.72 Å². The minimum atomic E-state index is -0.648. The number of benzene rings is 1. The molecule has 0 unspecified atom stereocenters. The number of nitro groups is 1. The third-order valence-corrected chi connectivity index (χ3v) is 1.96. The van der Waals surface area contributed by atoms with Gasteiger partial charge in [-0.2, -0.15) is 0 Å². The van der Waals surface area contributed by atoms with Crippen molar-refractivity contribution in [1.29, 1.82) is 0 Å². The average Bonchev–Trinajstić information content (AvgIpc) is 2.16. The third-order valence-electron chi connectivity index (χ3n) is 1.86. The molecule has 0 spiro atoms. The molecule has 0 saturated heterocycles. The highest BCUT2D eigenvalue weighted by molar-refractivity contribution is 6.67. The van der Waals surface area contributed by atoms with Crippen LogP contribution in [0.2, 0.25) is 0 Å². The van der Waals surface area contributed by atoms with Crippen LogP contribution in [0.4, 0.5) is 5.69 Å². The van der Waals surface area contributed by atoms with Gasteiger partial charge in [0.25, 0.3) is 5.69 Å². The van der Waals surface area contributed by atoms with Crippen LogP contribution < -0.4 is 0 Å². The zero-order valence-corrected chi connectivity index (χ0v) is 8.69. The minimum Gasteiger partial charge on any atom is -0.276 e. The van der Waals surface area contributed by atoms with Crippen LogP contribution in [0.1, 0.15) is 12.5 Å². The number of nitrogens with zero attached hydrogens (tertiary/aromatic N) is 1. The SMILES string of the molecule is CC(=CC(=O)Cl)c1ccccc1[N+](=O)[O-]. The largest absolute Gasteiger partial charge is 0.276 e. The molecule has 0 saturated carbocycles. The van der Waals surface area contributed by atoms with Gasteiger partial charge < -0.3 is 0 Å². The standard InChI is InChI=1S/C10H8ClNO3/c1-7(6-10(11)13)8-4-2-3-5-9(8)12(14)15/h2-6H,1H3. The predicted octanol–water partition coefficient (Wildman–Crippen LogP) is 2.76. The van der Waals surface area contributed by atoms with E-state index < -0.39 is 10.2 Å². The maximum absolute atomic E-state index is 10.7. The molecule has 1 rings (SSSR count). The van der Waals surface area contributed by atoms with Crippen LogP contribution in [0.3, 0.4) is 0 Å². The van der Waals surface area contributed by atoms with Gasteiger partial charge in [0, 0.05) is 12.1 Å². The van der Waals surface area contributed by atoms with Crippen LogP contribution in [0, 0.1) is 10.1 Å². The van der Waals surface area contributed by atoms with Gasteiger partial charge >= 0.3 is 0 Å². The quantitative estimate of drug-likeness (QED) is 0.344.